The predicted octanol–water partition coefficient (Wildman–Crippen LogP) is 2.42. The Morgan fingerprint density at radius 1 is 1.07 bits per heavy atom. The lowest BCUT2D eigenvalue weighted by atomic mass is 9.90. The van der Waals surface area contributed by atoms with E-state index >= 15 is 0 Å². The van der Waals surface area contributed by atoms with Crippen molar-refractivity contribution in [2.24, 2.45) is 19.5 Å². The summed E-state index contributed by atoms with van der Waals surface area (Å²) in [5, 5.41) is 18.1. The molecule has 1 aliphatic heterocycles. The fourth-order valence-electron chi connectivity index (χ4n) is 6.69. The first-order valence-electron chi connectivity index (χ1n) is 15.3. The Kier molecular flexibility index (Phi) is 7.17. The first-order chi connectivity index (χ1) is 22.0. The topological polar surface area (TPSA) is 141 Å². The number of fused-ring (bicyclic) bond motifs is 3. The normalized spacial score (nSPS) is 15.8. The average Bonchev–Trinajstić information content (AvgIpc) is 3.68. The number of anilines is 2. The number of rotatable bonds is 6. The number of pyridine rings is 2. The number of ether oxygens (including phenoxy) is 1. The molecule has 1 fully saturated rings. The highest BCUT2D eigenvalue weighted by Gasteiger charge is 2.32. The molecule has 13 heteroatoms. The molecule has 1 amide bonds. The van der Waals surface area contributed by atoms with Gasteiger partial charge in [0.05, 0.1) is 19.8 Å². The van der Waals surface area contributed by atoms with Gasteiger partial charge in [-0.3, -0.25) is 23.6 Å². The SMILES string of the molecule is Cn1nc(Nc2cc(-c3ccnc(-n4ccn5c6c(cc5c4=O)CC(C)(C)C6)c3CO)cn(C)c2=O)cc1C(=O)N1CCOCC1. The summed E-state index contributed by atoms with van der Waals surface area (Å²) in [6.45, 7) is 6.04. The zero-order valence-corrected chi connectivity index (χ0v) is 26.3. The minimum absolute atomic E-state index is 0.156. The highest BCUT2D eigenvalue weighted by molar-refractivity contribution is 5.93. The summed E-state index contributed by atoms with van der Waals surface area (Å²) < 4.78 is 11.7. The van der Waals surface area contributed by atoms with Crippen molar-refractivity contribution in [2.45, 2.75) is 33.3 Å². The Bertz CT molecular complexity index is 2130. The van der Waals surface area contributed by atoms with E-state index in [9.17, 15) is 19.5 Å². The van der Waals surface area contributed by atoms with Gasteiger partial charge >= 0.3 is 0 Å². The number of morpholine rings is 1. The molecule has 0 atom stereocenters. The average molecular weight is 625 g/mol. The summed E-state index contributed by atoms with van der Waals surface area (Å²) in [5.74, 6) is 0.494. The third-order valence-corrected chi connectivity index (χ3v) is 8.92. The summed E-state index contributed by atoms with van der Waals surface area (Å²) in [7, 11) is 3.32. The van der Waals surface area contributed by atoms with Crippen LogP contribution in [0, 0.1) is 5.41 Å². The molecule has 1 saturated heterocycles. The van der Waals surface area contributed by atoms with Crippen molar-refractivity contribution >= 4 is 22.9 Å². The maximum absolute atomic E-state index is 13.8. The number of aromatic nitrogens is 6. The fraction of sp³-hybridized carbons (Fsp3) is 0.364. The maximum Gasteiger partial charge on any atom is 0.280 e. The first kappa shape index (κ1) is 29.7. The van der Waals surface area contributed by atoms with Gasteiger partial charge in [0.2, 0.25) is 0 Å². The first-order valence-corrected chi connectivity index (χ1v) is 15.3. The second kappa shape index (κ2) is 11.1. The summed E-state index contributed by atoms with van der Waals surface area (Å²) in [6, 6.07) is 7.00. The second-order valence-electron chi connectivity index (χ2n) is 12.8. The van der Waals surface area contributed by atoms with Crippen LogP contribution in [0.1, 0.15) is 41.2 Å². The largest absolute Gasteiger partial charge is 0.392 e. The molecule has 5 aromatic rings. The number of hydrogen-bond acceptors (Lipinski definition) is 8. The number of hydrogen-bond donors (Lipinski definition) is 2. The number of aryl methyl sites for hydroxylation is 2. The molecule has 0 unspecified atom stereocenters. The molecule has 0 bridgehead atoms. The van der Waals surface area contributed by atoms with Gasteiger partial charge in [-0.15, -0.1) is 0 Å². The van der Waals surface area contributed by atoms with E-state index in [0.717, 1.165) is 18.5 Å². The maximum atomic E-state index is 13.8. The van der Waals surface area contributed by atoms with Crippen LogP contribution in [-0.4, -0.2) is 70.5 Å². The van der Waals surface area contributed by atoms with E-state index in [1.165, 1.54) is 19.4 Å². The van der Waals surface area contributed by atoms with Gasteiger partial charge in [-0.2, -0.15) is 5.10 Å². The van der Waals surface area contributed by atoms with E-state index in [4.69, 9.17) is 4.74 Å². The lowest BCUT2D eigenvalue weighted by Gasteiger charge is -2.26. The third-order valence-electron chi connectivity index (χ3n) is 8.92. The van der Waals surface area contributed by atoms with Gasteiger partial charge in [-0.05, 0) is 47.6 Å². The molecule has 2 aliphatic rings. The molecule has 0 radical (unpaired) electrons. The summed E-state index contributed by atoms with van der Waals surface area (Å²) in [4.78, 5) is 46.3. The molecule has 238 valence electrons. The Hall–Kier alpha value is -5.01. The van der Waals surface area contributed by atoms with Crippen LogP contribution in [0.5, 0.6) is 0 Å². The Balaban J connectivity index is 1.24. The third kappa shape index (κ3) is 5.01. The van der Waals surface area contributed by atoms with Crippen LogP contribution in [-0.2, 0) is 38.3 Å². The van der Waals surface area contributed by atoms with Gasteiger partial charge in [0.15, 0.2) is 5.82 Å². The van der Waals surface area contributed by atoms with E-state index in [0.29, 0.717) is 65.8 Å². The number of aliphatic hydroxyl groups is 1. The highest BCUT2D eigenvalue weighted by atomic mass is 16.5. The van der Waals surface area contributed by atoms with Gasteiger partial charge in [-0.25, -0.2) is 4.98 Å². The van der Waals surface area contributed by atoms with E-state index < -0.39 is 0 Å². The number of carbonyl (C=O) groups excluding carboxylic acids is 1. The van der Waals surface area contributed by atoms with Crippen LogP contribution in [0.2, 0.25) is 0 Å². The molecule has 13 nitrogen and oxygen atoms in total. The van der Waals surface area contributed by atoms with Crippen molar-refractivity contribution in [1.82, 2.24) is 33.2 Å². The standard InChI is InChI=1S/C33H36N8O5/c1-33(2)16-20-14-26-32(45)41(8-7-40(26)27(20)17-33)29-23(19-42)22(5-6-34-29)21-13-24(30(43)37(3)18-21)35-28-15-25(38(4)36-28)31(44)39-9-11-46-12-10-39/h5-8,13-15,18,42H,9-12,16-17,19H2,1-4H3,(H,35,36). The van der Waals surface area contributed by atoms with Crippen LogP contribution in [0.3, 0.4) is 0 Å². The molecule has 5 aromatic heterocycles. The molecular weight excluding hydrogens is 588 g/mol. The zero-order valence-electron chi connectivity index (χ0n) is 26.3. The van der Waals surface area contributed by atoms with Crippen LogP contribution < -0.4 is 16.4 Å². The minimum atomic E-state index is -0.388. The van der Waals surface area contributed by atoms with Gasteiger partial charge in [0.25, 0.3) is 17.0 Å². The van der Waals surface area contributed by atoms with Crippen LogP contribution >= 0.6 is 0 Å². The molecule has 0 saturated carbocycles. The van der Waals surface area contributed by atoms with Crippen molar-refractivity contribution < 1.29 is 14.6 Å². The van der Waals surface area contributed by atoms with E-state index in [-0.39, 0.29) is 34.7 Å². The molecule has 2 N–H and O–H groups in total. The second-order valence-corrected chi connectivity index (χ2v) is 12.8. The zero-order chi connectivity index (χ0) is 32.3. The molecule has 0 spiro atoms. The lowest BCUT2D eigenvalue weighted by molar-refractivity contribution is 0.0295. The number of nitrogens with zero attached hydrogens (tertiary/aromatic N) is 7. The molecule has 1 aliphatic carbocycles. The Morgan fingerprint density at radius 3 is 2.61 bits per heavy atom. The van der Waals surface area contributed by atoms with Crippen LogP contribution in [0.15, 0.2) is 58.6 Å². The number of amides is 1. The summed E-state index contributed by atoms with van der Waals surface area (Å²) >= 11 is 0. The van der Waals surface area contributed by atoms with Gasteiger partial charge in [0, 0.05) is 74.9 Å². The van der Waals surface area contributed by atoms with Crippen LogP contribution in [0.25, 0.3) is 22.5 Å². The van der Waals surface area contributed by atoms with E-state index in [1.807, 2.05) is 16.7 Å². The Labute approximate surface area is 264 Å². The number of aliphatic hydroxyl groups excluding tert-OH is 1. The van der Waals surface area contributed by atoms with E-state index in [2.05, 4.69) is 29.2 Å². The van der Waals surface area contributed by atoms with Gasteiger partial charge in [-0.1, -0.05) is 13.8 Å². The van der Waals surface area contributed by atoms with Crippen molar-refractivity contribution in [3.8, 4) is 16.9 Å². The highest BCUT2D eigenvalue weighted by Crippen LogP contribution is 2.37. The predicted molar refractivity (Wildman–Crippen MR) is 172 cm³/mol. The summed E-state index contributed by atoms with van der Waals surface area (Å²) in [6.07, 6.45) is 8.63. The fourth-order valence-corrected chi connectivity index (χ4v) is 6.69. The van der Waals surface area contributed by atoms with E-state index in [1.54, 1.807) is 55.8 Å². The minimum Gasteiger partial charge on any atom is -0.392 e. The number of carbonyl (C=O) groups is 1. The number of nitrogens with one attached hydrogen (secondary N) is 1. The molecule has 0 aromatic carbocycles. The Morgan fingerprint density at radius 2 is 1.85 bits per heavy atom. The molecule has 46 heavy (non-hydrogen) atoms. The lowest BCUT2D eigenvalue weighted by Crippen LogP contribution is -2.41. The molecule has 6 heterocycles. The smallest absolute Gasteiger partial charge is 0.280 e. The molecule has 7 rings (SSSR count). The van der Waals surface area contributed by atoms with Crippen molar-refractivity contribution in [3.05, 3.63) is 92.3 Å². The van der Waals surface area contributed by atoms with Gasteiger partial charge < -0.3 is 29.0 Å². The van der Waals surface area contributed by atoms with Crippen molar-refractivity contribution in [2.75, 3.05) is 31.6 Å². The quantitative estimate of drug-likeness (QED) is 0.294. The monoisotopic (exact) mass is 624 g/mol. The summed E-state index contributed by atoms with van der Waals surface area (Å²) in [5.41, 5.74) is 4.82. The van der Waals surface area contributed by atoms with Crippen molar-refractivity contribution in [1.29, 1.82) is 0 Å². The molecular formula is C33H36N8O5. The van der Waals surface area contributed by atoms with Gasteiger partial charge in [0.1, 0.15) is 22.7 Å². The van der Waals surface area contributed by atoms with Crippen molar-refractivity contribution in [3.63, 3.8) is 0 Å². The van der Waals surface area contributed by atoms with Crippen LogP contribution in [0.4, 0.5) is 11.5 Å².